The summed E-state index contributed by atoms with van der Waals surface area (Å²) in [4.78, 5) is 28.6. The average Bonchev–Trinajstić information content (AvgIpc) is 3.15. The van der Waals surface area contributed by atoms with Gasteiger partial charge in [-0.2, -0.15) is 5.10 Å². The molecule has 1 fully saturated rings. The molecule has 3 rings (SSSR count). The number of piperazine rings is 1. The third-order valence-corrected chi connectivity index (χ3v) is 5.22. The first-order valence-corrected chi connectivity index (χ1v) is 10.4. The maximum atomic E-state index is 12.8. The van der Waals surface area contributed by atoms with Gasteiger partial charge in [-0.25, -0.2) is 4.68 Å². The molecule has 2 heterocycles. The van der Waals surface area contributed by atoms with Gasteiger partial charge in [-0.05, 0) is 46.6 Å². The molecule has 0 bridgehead atoms. The van der Waals surface area contributed by atoms with Crippen LogP contribution >= 0.6 is 15.9 Å². The van der Waals surface area contributed by atoms with Gasteiger partial charge < -0.3 is 10.2 Å². The molecule has 0 aliphatic carbocycles. The van der Waals surface area contributed by atoms with Crippen LogP contribution < -0.4 is 5.32 Å². The summed E-state index contributed by atoms with van der Waals surface area (Å²) in [5, 5.41) is 7.18. The minimum absolute atomic E-state index is 0.0280. The van der Waals surface area contributed by atoms with Gasteiger partial charge in [0, 0.05) is 44.5 Å². The molecule has 1 aromatic heterocycles. The Kier molecular flexibility index (Phi) is 7.22. The number of unbranched alkanes of at least 4 members (excludes halogenated alkanes) is 1. The fourth-order valence-electron chi connectivity index (χ4n) is 3.15. The van der Waals surface area contributed by atoms with Gasteiger partial charge in [-0.3, -0.25) is 14.5 Å². The van der Waals surface area contributed by atoms with E-state index >= 15 is 0 Å². The first kappa shape index (κ1) is 20.5. The molecule has 1 aliphatic rings. The van der Waals surface area contributed by atoms with Crippen molar-refractivity contribution in [1.29, 1.82) is 0 Å². The SMILES string of the molecule is CCCCNC(=O)CN1CCN(C(=O)c2ccc(-n3cc(Br)cn3)cc2)CC1. The fourth-order valence-corrected chi connectivity index (χ4v) is 3.44. The molecule has 0 atom stereocenters. The monoisotopic (exact) mass is 447 g/mol. The van der Waals surface area contributed by atoms with Crippen molar-refractivity contribution in [3.05, 3.63) is 46.7 Å². The van der Waals surface area contributed by atoms with E-state index in [9.17, 15) is 9.59 Å². The smallest absolute Gasteiger partial charge is 0.253 e. The van der Waals surface area contributed by atoms with Gasteiger partial charge in [0.25, 0.3) is 5.91 Å². The van der Waals surface area contributed by atoms with Gasteiger partial charge in [0.05, 0.1) is 22.9 Å². The molecule has 0 saturated carbocycles. The van der Waals surface area contributed by atoms with E-state index in [1.165, 1.54) is 0 Å². The van der Waals surface area contributed by atoms with Crippen LogP contribution in [0.1, 0.15) is 30.1 Å². The van der Waals surface area contributed by atoms with Crippen LogP contribution in [0.25, 0.3) is 5.69 Å². The van der Waals surface area contributed by atoms with Crippen LogP contribution in [0.5, 0.6) is 0 Å². The molecule has 1 saturated heterocycles. The highest BCUT2D eigenvalue weighted by atomic mass is 79.9. The Hall–Kier alpha value is -2.19. The van der Waals surface area contributed by atoms with Gasteiger partial charge in [0.1, 0.15) is 0 Å². The standard InChI is InChI=1S/C20H26BrN5O2/c1-2-3-8-22-19(27)15-24-9-11-25(12-10-24)20(28)16-4-6-18(7-5-16)26-14-17(21)13-23-26/h4-7,13-14H,2-3,8-12,15H2,1H3,(H,22,27). The number of carbonyl (C=O) groups is 2. The van der Waals surface area contributed by atoms with E-state index in [1.54, 1.807) is 10.9 Å². The first-order chi connectivity index (χ1) is 13.6. The fraction of sp³-hybridized carbons (Fsp3) is 0.450. The number of aromatic nitrogens is 2. The minimum atomic E-state index is 0.0280. The molecular formula is C20H26BrN5O2. The zero-order valence-electron chi connectivity index (χ0n) is 16.1. The van der Waals surface area contributed by atoms with E-state index < -0.39 is 0 Å². The number of carbonyl (C=O) groups excluding carboxylic acids is 2. The molecule has 2 aromatic rings. The van der Waals surface area contributed by atoms with Crippen LogP contribution in [0.2, 0.25) is 0 Å². The van der Waals surface area contributed by atoms with Crippen molar-refractivity contribution in [3.63, 3.8) is 0 Å². The number of rotatable bonds is 7. The number of nitrogens with zero attached hydrogens (tertiary/aromatic N) is 4. The second-order valence-electron chi connectivity index (χ2n) is 6.92. The van der Waals surface area contributed by atoms with Crippen molar-refractivity contribution in [2.75, 3.05) is 39.3 Å². The molecule has 0 spiro atoms. The summed E-state index contributed by atoms with van der Waals surface area (Å²) in [6.07, 6.45) is 5.67. The van der Waals surface area contributed by atoms with E-state index in [-0.39, 0.29) is 11.8 Å². The summed E-state index contributed by atoms with van der Waals surface area (Å²) in [6.45, 7) is 5.94. The second kappa shape index (κ2) is 9.84. The largest absolute Gasteiger partial charge is 0.355 e. The Morgan fingerprint density at radius 3 is 2.46 bits per heavy atom. The Bertz CT molecular complexity index is 797. The predicted octanol–water partition coefficient (Wildman–Crippen LogP) is 2.31. The molecule has 1 N–H and O–H groups in total. The van der Waals surface area contributed by atoms with E-state index in [0.29, 0.717) is 38.3 Å². The summed E-state index contributed by atoms with van der Waals surface area (Å²) in [6, 6.07) is 7.45. The first-order valence-electron chi connectivity index (χ1n) is 9.65. The number of hydrogen-bond donors (Lipinski definition) is 1. The molecule has 8 heteroatoms. The molecule has 0 radical (unpaired) electrons. The van der Waals surface area contributed by atoms with Crippen LogP contribution in [0.3, 0.4) is 0 Å². The molecular weight excluding hydrogens is 422 g/mol. The lowest BCUT2D eigenvalue weighted by atomic mass is 10.1. The normalized spacial score (nSPS) is 14.9. The highest BCUT2D eigenvalue weighted by Gasteiger charge is 2.23. The molecule has 2 amide bonds. The summed E-state index contributed by atoms with van der Waals surface area (Å²) in [5.41, 5.74) is 1.57. The third kappa shape index (κ3) is 5.42. The molecule has 150 valence electrons. The van der Waals surface area contributed by atoms with Crippen LogP contribution in [-0.4, -0.2) is 70.7 Å². The maximum Gasteiger partial charge on any atom is 0.253 e. The molecule has 7 nitrogen and oxygen atoms in total. The van der Waals surface area contributed by atoms with E-state index in [1.807, 2.05) is 35.4 Å². The van der Waals surface area contributed by atoms with Crippen LogP contribution in [0.15, 0.2) is 41.1 Å². The van der Waals surface area contributed by atoms with Crippen molar-refractivity contribution in [3.8, 4) is 5.69 Å². The van der Waals surface area contributed by atoms with Crippen molar-refractivity contribution in [2.45, 2.75) is 19.8 Å². The highest BCUT2D eigenvalue weighted by molar-refractivity contribution is 9.10. The lowest BCUT2D eigenvalue weighted by Gasteiger charge is -2.34. The van der Waals surface area contributed by atoms with Crippen molar-refractivity contribution < 1.29 is 9.59 Å². The number of nitrogens with one attached hydrogen (secondary N) is 1. The Balaban J connectivity index is 1.49. The van der Waals surface area contributed by atoms with E-state index in [0.717, 1.165) is 29.5 Å². The lowest BCUT2D eigenvalue weighted by molar-refractivity contribution is -0.122. The summed E-state index contributed by atoms with van der Waals surface area (Å²) < 4.78 is 2.66. The molecule has 1 aliphatic heterocycles. The number of halogens is 1. The van der Waals surface area contributed by atoms with Crippen molar-refractivity contribution in [2.24, 2.45) is 0 Å². The maximum absolute atomic E-state index is 12.8. The summed E-state index contributed by atoms with van der Waals surface area (Å²) in [7, 11) is 0. The van der Waals surface area contributed by atoms with E-state index in [4.69, 9.17) is 0 Å². The summed E-state index contributed by atoms with van der Waals surface area (Å²) in [5.74, 6) is 0.0920. The molecule has 0 unspecified atom stereocenters. The topological polar surface area (TPSA) is 70.5 Å². The van der Waals surface area contributed by atoms with Crippen molar-refractivity contribution >= 4 is 27.7 Å². The minimum Gasteiger partial charge on any atom is -0.355 e. The van der Waals surface area contributed by atoms with Gasteiger partial charge in [0.2, 0.25) is 5.91 Å². The molecule has 28 heavy (non-hydrogen) atoms. The highest BCUT2D eigenvalue weighted by Crippen LogP contribution is 2.15. The van der Waals surface area contributed by atoms with Gasteiger partial charge >= 0.3 is 0 Å². The average molecular weight is 448 g/mol. The van der Waals surface area contributed by atoms with Gasteiger partial charge in [-0.15, -0.1) is 0 Å². The van der Waals surface area contributed by atoms with Crippen LogP contribution in [-0.2, 0) is 4.79 Å². The predicted molar refractivity (Wildman–Crippen MR) is 112 cm³/mol. The third-order valence-electron chi connectivity index (χ3n) is 4.81. The summed E-state index contributed by atoms with van der Waals surface area (Å²) >= 11 is 3.38. The number of amides is 2. The Labute approximate surface area is 173 Å². The quantitative estimate of drug-likeness (QED) is 0.661. The Morgan fingerprint density at radius 1 is 1.14 bits per heavy atom. The van der Waals surface area contributed by atoms with Gasteiger partial charge in [0.15, 0.2) is 0 Å². The van der Waals surface area contributed by atoms with E-state index in [2.05, 4.69) is 38.2 Å². The zero-order valence-corrected chi connectivity index (χ0v) is 17.7. The van der Waals surface area contributed by atoms with Gasteiger partial charge in [-0.1, -0.05) is 13.3 Å². The van der Waals surface area contributed by atoms with Crippen molar-refractivity contribution in [1.82, 2.24) is 24.9 Å². The van der Waals surface area contributed by atoms with Crippen LogP contribution in [0.4, 0.5) is 0 Å². The lowest BCUT2D eigenvalue weighted by Crippen LogP contribution is -2.51. The van der Waals surface area contributed by atoms with Crippen LogP contribution in [0, 0.1) is 0 Å². The Morgan fingerprint density at radius 2 is 1.86 bits per heavy atom. The molecule has 1 aromatic carbocycles. The second-order valence-corrected chi connectivity index (χ2v) is 7.84. The number of benzene rings is 1. The zero-order chi connectivity index (χ0) is 19.9. The number of hydrogen-bond acceptors (Lipinski definition) is 4.